The third-order valence-corrected chi connectivity index (χ3v) is 2.72. The number of nitrogens with one attached hydrogen (secondary N) is 1. The van der Waals surface area contributed by atoms with Gasteiger partial charge < -0.3 is 16.5 Å². The van der Waals surface area contributed by atoms with Crippen LogP contribution in [0.15, 0.2) is 30.5 Å². The van der Waals surface area contributed by atoms with E-state index in [1.54, 1.807) is 0 Å². The number of nitrogens with two attached hydrogens (primary N) is 2. The summed E-state index contributed by atoms with van der Waals surface area (Å²) in [5.41, 5.74) is 13.9. The fraction of sp³-hybridized carbons (Fsp3) is 0.333. The van der Waals surface area contributed by atoms with E-state index in [1.807, 2.05) is 6.20 Å². The molecule has 2 rings (SSSR count). The molecule has 0 unspecified atom stereocenters. The summed E-state index contributed by atoms with van der Waals surface area (Å²) in [4.78, 5) is 3.17. The van der Waals surface area contributed by atoms with E-state index >= 15 is 0 Å². The Morgan fingerprint density at radius 3 is 2.93 bits per heavy atom. The molecular formula is C12H17N3. The molecule has 1 aromatic heterocycles. The second kappa shape index (κ2) is 4.47. The van der Waals surface area contributed by atoms with Crippen LogP contribution < -0.4 is 11.5 Å². The van der Waals surface area contributed by atoms with Gasteiger partial charge in [-0.05, 0) is 48.5 Å². The first-order valence-electron chi connectivity index (χ1n) is 5.34. The van der Waals surface area contributed by atoms with Crippen molar-refractivity contribution < 1.29 is 0 Å². The number of rotatable bonds is 4. The molecule has 0 fully saturated rings. The zero-order valence-electron chi connectivity index (χ0n) is 8.74. The van der Waals surface area contributed by atoms with Gasteiger partial charge >= 0.3 is 0 Å². The van der Waals surface area contributed by atoms with Crippen LogP contribution in [0.25, 0.3) is 10.9 Å². The van der Waals surface area contributed by atoms with Crippen molar-refractivity contribution in [3.05, 3.63) is 36.0 Å². The van der Waals surface area contributed by atoms with Crippen LogP contribution in [0, 0.1) is 0 Å². The van der Waals surface area contributed by atoms with E-state index in [4.69, 9.17) is 11.5 Å². The molecule has 0 saturated heterocycles. The average Bonchev–Trinajstić information content (AvgIpc) is 2.72. The molecule has 0 spiro atoms. The number of H-pyrrole nitrogens is 1. The highest BCUT2D eigenvalue weighted by molar-refractivity contribution is 5.80. The van der Waals surface area contributed by atoms with Gasteiger partial charge in [0.2, 0.25) is 0 Å². The van der Waals surface area contributed by atoms with Crippen LogP contribution in [0.4, 0.5) is 0 Å². The highest BCUT2D eigenvalue weighted by Gasteiger charge is 2.06. The van der Waals surface area contributed by atoms with Gasteiger partial charge in [-0.2, -0.15) is 0 Å². The number of hydrogen-bond donors (Lipinski definition) is 3. The Labute approximate surface area is 89.5 Å². The van der Waals surface area contributed by atoms with Crippen LogP contribution in [0.2, 0.25) is 0 Å². The Morgan fingerprint density at radius 1 is 1.27 bits per heavy atom. The van der Waals surface area contributed by atoms with Gasteiger partial charge in [0.15, 0.2) is 0 Å². The lowest BCUT2D eigenvalue weighted by Crippen LogP contribution is -2.12. The number of aromatic amines is 1. The van der Waals surface area contributed by atoms with Gasteiger partial charge in [-0.3, -0.25) is 0 Å². The Bertz CT molecular complexity index is 433. The van der Waals surface area contributed by atoms with Crippen LogP contribution in [0.5, 0.6) is 0 Å². The maximum Gasteiger partial charge on any atom is 0.0454 e. The largest absolute Gasteiger partial charge is 0.361 e. The first kappa shape index (κ1) is 10.2. The van der Waals surface area contributed by atoms with E-state index < -0.39 is 0 Å². The highest BCUT2D eigenvalue weighted by atomic mass is 14.7. The molecule has 3 heteroatoms. The summed E-state index contributed by atoms with van der Waals surface area (Å²) in [6.07, 6.45) is 3.87. The molecule has 0 amide bonds. The maximum atomic E-state index is 6.08. The molecule has 5 N–H and O–H groups in total. The Morgan fingerprint density at radius 2 is 2.13 bits per heavy atom. The van der Waals surface area contributed by atoms with Crippen LogP contribution in [-0.4, -0.2) is 11.5 Å². The average molecular weight is 203 g/mol. The van der Waals surface area contributed by atoms with Crippen LogP contribution in [0.1, 0.15) is 24.4 Å². The van der Waals surface area contributed by atoms with Crippen LogP contribution in [0.3, 0.4) is 0 Å². The lowest BCUT2D eigenvalue weighted by molar-refractivity contribution is 0.618. The summed E-state index contributed by atoms with van der Waals surface area (Å²) in [7, 11) is 0. The molecule has 15 heavy (non-hydrogen) atoms. The third-order valence-electron chi connectivity index (χ3n) is 2.72. The topological polar surface area (TPSA) is 67.8 Å². The molecule has 0 aliphatic carbocycles. The van der Waals surface area contributed by atoms with Gasteiger partial charge in [-0.15, -0.1) is 0 Å². The van der Waals surface area contributed by atoms with Crippen molar-refractivity contribution in [2.45, 2.75) is 18.9 Å². The summed E-state index contributed by atoms with van der Waals surface area (Å²) in [5, 5.41) is 1.22. The summed E-state index contributed by atoms with van der Waals surface area (Å²) >= 11 is 0. The number of benzene rings is 1. The molecule has 80 valence electrons. The molecule has 0 aliphatic rings. The quantitative estimate of drug-likeness (QED) is 0.710. The maximum absolute atomic E-state index is 6.08. The Balaban J connectivity index is 2.19. The van der Waals surface area contributed by atoms with Gasteiger partial charge in [0, 0.05) is 17.8 Å². The van der Waals surface area contributed by atoms with Crippen molar-refractivity contribution in [2.75, 3.05) is 6.54 Å². The van der Waals surface area contributed by atoms with E-state index in [1.165, 1.54) is 10.9 Å². The van der Waals surface area contributed by atoms with Gasteiger partial charge in [0.1, 0.15) is 0 Å². The summed E-state index contributed by atoms with van der Waals surface area (Å²) in [5.74, 6) is 0. The summed E-state index contributed by atoms with van der Waals surface area (Å²) in [6, 6.07) is 8.47. The van der Waals surface area contributed by atoms with Crippen molar-refractivity contribution in [1.82, 2.24) is 4.98 Å². The smallest absolute Gasteiger partial charge is 0.0454 e. The molecule has 1 atom stereocenters. The molecule has 0 bridgehead atoms. The monoisotopic (exact) mass is 203 g/mol. The Kier molecular flexibility index (Phi) is 3.04. The Hall–Kier alpha value is -1.32. The minimum atomic E-state index is 0.104. The predicted molar refractivity (Wildman–Crippen MR) is 63.5 cm³/mol. The molecule has 3 nitrogen and oxygen atoms in total. The normalized spacial score (nSPS) is 13.2. The van der Waals surface area contributed by atoms with Gasteiger partial charge in [-0.1, -0.05) is 6.07 Å². The second-order valence-electron chi connectivity index (χ2n) is 3.86. The fourth-order valence-electron chi connectivity index (χ4n) is 1.81. The van der Waals surface area contributed by atoms with Gasteiger partial charge in [0.05, 0.1) is 0 Å². The van der Waals surface area contributed by atoms with Crippen molar-refractivity contribution in [3.63, 3.8) is 0 Å². The van der Waals surface area contributed by atoms with Crippen LogP contribution >= 0.6 is 0 Å². The molecule has 1 aromatic carbocycles. The van der Waals surface area contributed by atoms with Gasteiger partial charge in [0.25, 0.3) is 0 Å². The molecule has 1 heterocycles. The highest BCUT2D eigenvalue weighted by Crippen LogP contribution is 2.20. The summed E-state index contributed by atoms with van der Waals surface area (Å²) in [6.45, 7) is 0.708. The van der Waals surface area contributed by atoms with E-state index in [9.17, 15) is 0 Å². The third kappa shape index (κ3) is 2.19. The minimum absolute atomic E-state index is 0.104. The van der Waals surface area contributed by atoms with E-state index in [0.717, 1.165) is 18.4 Å². The first-order chi connectivity index (χ1) is 7.31. The standard InChI is InChI=1S/C12H17N3/c13-6-1-2-11(14)9-3-4-12-10(8-9)5-7-15-12/h3-5,7-8,11,15H,1-2,6,13-14H2/t11-/m1/s1. The molecular weight excluding hydrogens is 186 g/mol. The lowest BCUT2D eigenvalue weighted by atomic mass is 10.0. The lowest BCUT2D eigenvalue weighted by Gasteiger charge is -2.11. The molecule has 0 aliphatic heterocycles. The van der Waals surface area contributed by atoms with Crippen molar-refractivity contribution >= 4 is 10.9 Å². The zero-order valence-corrected chi connectivity index (χ0v) is 8.74. The van der Waals surface area contributed by atoms with Crippen molar-refractivity contribution in [3.8, 4) is 0 Å². The zero-order chi connectivity index (χ0) is 10.7. The van der Waals surface area contributed by atoms with Crippen molar-refractivity contribution in [1.29, 1.82) is 0 Å². The second-order valence-corrected chi connectivity index (χ2v) is 3.86. The molecule has 0 saturated carbocycles. The van der Waals surface area contributed by atoms with E-state index in [2.05, 4.69) is 29.2 Å². The van der Waals surface area contributed by atoms with Gasteiger partial charge in [-0.25, -0.2) is 0 Å². The SMILES string of the molecule is NCCC[C@@H](N)c1ccc2[nH]ccc2c1. The number of fused-ring (bicyclic) bond motifs is 1. The predicted octanol–water partition coefficient (Wildman–Crippen LogP) is 1.91. The van der Waals surface area contributed by atoms with E-state index in [-0.39, 0.29) is 6.04 Å². The first-order valence-corrected chi connectivity index (χ1v) is 5.34. The number of hydrogen-bond acceptors (Lipinski definition) is 2. The minimum Gasteiger partial charge on any atom is -0.361 e. The van der Waals surface area contributed by atoms with Crippen molar-refractivity contribution in [2.24, 2.45) is 11.5 Å². The van der Waals surface area contributed by atoms with Crippen LogP contribution in [-0.2, 0) is 0 Å². The molecule has 0 radical (unpaired) electrons. The van der Waals surface area contributed by atoms with E-state index in [0.29, 0.717) is 6.54 Å². The fourth-order valence-corrected chi connectivity index (χ4v) is 1.81. The summed E-state index contributed by atoms with van der Waals surface area (Å²) < 4.78 is 0. The number of aromatic nitrogens is 1. The molecule has 2 aromatic rings.